The summed E-state index contributed by atoms with van der Waals surface area (Å²) in [5.41, 5.74) is 3.35. The van der Waals surface area contributed by atoms with Gasteiger partial charge in [-0.1, -0.05) is 48.0 Å². The number of carbonyl (C=O) groups is 2. The number of nitrogens with zero attached hydrogens (tertiary/aromatic N) is 1. The lowest BCUT2D eigenvalue weighted by molar-refractivity contribution is -0.145. The second kappa shape index (κ2) is 8.61. The third-order valence-corrected chi connectivity index (χ3v) is 6.48. The second-order valence-electron chi connectivity index (χ2n) is 7.12. The van der Waals surface area contributed by atoms with E-state index in [-0.39, 0.29) is 17.1 Å². The molecule has 1 N–H and O–H groups in total. The maximum Gasteiger partial charge on any atom is 0.306 e. The number of carbonyl (C=O) groups excluding carboxylic acids is 1. The van der Waals surface area contributed by atoms with E-state index in [0.29, 0.717) is 25.9 Å². The third kappa shape index (κ3) is 4.72. The molecule has 2 aromatic rings. The molecule has 1 amide bonds. The molecule has 5 heteroatoms. The molecule has 1 heterocycles. The number of likely N-dealkylation sites (tertiary alicyclic amines) is 1. The third-order valence-electron chi connectivity index (χ3n) is 5.06. The van der Waals surface area contributed by atoms with Gasteiger partial charge in [0, 0.05) is 18.0 Å². The van der Waals surface area contributed by atoms with Crippen LogP contribution < -0.4 is 0 Å². The molecule has 1 saturated heterocycles. The topological polar surface area (TPSA) is 57.6 Å². The van der Waals surface area contributed by atoms with Crippen molar-refractivity contribution < 1.29 is 14.7 Å². The number of amides is 1. The van der Waals surface area contributed by atoms with Gasteiger partial charge in [-0.25, -0.2) is 0 Å². The van der Waals surface area contributed by atoms with Crippen LogP contribution in [0.3, 0.4) is 0 Å². The Balaban J connectivity index is 1.82. The quantitative estimate of drug-likeness (QED) is 0.775. The molecule has 1 aliphatic heterocycles. The SMILES string of the molecule is Cc1ccc(SC(C(=O)N2CCC(C(=O)O)CC2)c2ccccc2)c(C)c1. The Labute approximate surface area is 164 Å². The number of thioether (sulfide) groups is 1. The second-order valence-corrected chi connectivity index (χ2v) is 8.26. The first-order valence-electron chi connectivity index (χ1n) is 9.26. The van der Waals surface area contributed by atoms with Crippen LogP contribution in [0.1, 0.15) is 34.8 Å². The van der Waals surface area contributed by atoms with E-state index in [9.17, 15) is 14.7 Å². The van der Waals surface area contributed by atoms with Gasteiger partial charge in [-0.2, -0.15) is 0 Å². The van der Waals surface area contributed by atoms with Crippen molar-refractivity contribution in [2.75, 3.05) is 13.1 Å². The van der Waals surface area contributed by atoms with Gasteiger partial charge in [0.15, 0.2) is 0 Å². The van der Waals surface area contributed by atoms with Crippen LogP contribution in [0, 0.1) is 19.8 Å². The number of carboxylic acids is 1. The van der Waals surface area contributed by atoms with Crippen molar-refractivity contribution in [3.05, 3.63) is 65.2 Å². The van der Waals surface area contributed by atoms with E-state index < -0.39 is 5.97 Å². The molecule has 142 valence electrons. The number of hydrogen-bond donors (Lipinski definition) is 1. The molecule has 0 spiro atoms. The van der Waals surface area contributed by atoms with Crippen LogP contribution in [0.2, 0.25) is 0 Å². The predicted octanol–water partition coefficient (Wildman–Crippen LogP) is 4.46. The van der Waals surface area contributed by atoms with Crippen molar-refractivity contribution in [1.29, 1.82) is 0 Å². The van der Waals surface area contributed by atoms with Crippen LogP contribution in [-0.2, 0) is 9.59 Å². The van der Waals surface area contributed by atoms with Gasteiger partial charge in [0.1, 0.15) is 5.25 Å². The molecule has 3 rings (SSSR count). The van der Waals surface area contributed by atoms with E-state index in [1.165, 1.54) is 11.1 Å². The fourth-order valence-electron chi connectivity index (χ4n) is 3.46. The number of rotatable bonds is 5. The highest BCUT2D eigenvalue weighted by molar-refractivity contribution is 8.00. The van der Waals surface area contributed by atoms with Crippen molar-refractivity contribution in [2.45, 2.75) is 36.8 Å². The normalized spacial score (nSPS) is 16.1. The van der Waals surface area contributed by atoms with Gasteiger partial charge < -0.3 is 10.0 Å². The van der Waals surface area contributed by atoms with E-state index in [4.69, 9.17) is 0 Å². The molecule has 1 atom stereocenters. The van der Waals surface area contributed by atoms with Crippen LogP contribution in [0.25, 0.3) is 0 Å². The summed E-state index contributed by atoms with van der Waals surface area (Å²) >= 11 is 1.58. The van der Waals surface area contributed by atoms with Gasteiger partial charge in [0.2, 0.25) is 5.91 Å². The summed E-state index contributed by atoms with van der Waals surface area (Å²) < 4.78 is 0. The van der Waals surface area contributed by atoms with Crippen molar-refractivity contribution in [1.82, 2.24) is 4.90 Å². The van der Waals surface area contributed by atoms with Crippen molar-refractivity contribution in [3.8, 4) is 0 Å². The van der Waals surface area contributed by atoms with E-state index in [1.54, 1.807) is 11.8 Å². The first-order valence-corrected chi connectivity index (χ1v) is 10.1. The standard InChI is InChI=1S/C22H25NO3S/c1-15-8-9-19(16(2)14-15)27-20(17-6-4-3-5-7-17)21(24)23-12-10-18(11-13-23)22(25)26/h3-9,14,18,20H,10-13H2,1-2H3,(H,25,26). The number of aryl methyl sites for hydroxylation is 2. The highest BCUT2D eigenvalue weighted by atomic mass is 32.2. The minimum absolute atomic E-state index is 0.0648. The number of benzene rings is 2. The van der Waals surface area contributed by atoms with Gasteiger partial charge in [-0.15, -0.1) is 11.8 Å². The summed E-state index contributed by atoms with van der Waals surface area (Å²) in [7, 11) is 0. The minimum atomic E-state index is -0.758. The number of aliphatic carboxylic acids is 1. The minimum Gasteiger partial charge on any atom is -0.481 e. The fraction of sp³-hybridized carbons (Fsp3) is 0.364. The Hall–Kier alpha value is -2.27. The van der Waals surface area contributed by atoms with Crippen molar-refractivity contribution in [2.24, 2.45) is 5.92 Å². The van der Waals surface area contributed by atoms with Crippen LogP contribution in [0.5, 0.6) is 0 Å². The molecule has 0 aromatic heterocycles. The Morgan fingerprint density at radius 1 is 1.07 bits per heavy atom. The zero-order valence-corrected chi connectivity index (χ0v) is 16.5. The van der Waals surface area contributed by atoms with Gasteiger partial charge in [-0.3, -0.25) is 9.59 Å². The smallest absolute Gasteiger partial charge is 0.306 e. The van der Waals surface area contributed by atoms with Gasteiger partial charge >= 0.3 is 5.97 Å². The summed E-state index contributed by atoms with van der Waals surface area (Å²) in [4.78, 5) is 27.4. The summed E-state index contributed by atoms with van der Waals surface area (Å²) in [6.07, 6.45) is 1.05. The highest BCUT2D eigenvalue weighted by Crippen LogP contribution is 2.39. The molecule has 1 fully saturated rings. The zero-order chi connectivity index (χ0) is 19.4. The van der Waals surface area contributed by atoms with Crippen LogP contribution in [0.4, 0.5) is 0 Å². The van der Waals surface area contributed by atoms with Crippen LogP contribution in [0.15, 0.2) is 53.4 Å². The molecule has 0 aliphatic carbocycles. The van der Waals surface area contributed by atoms with Crippen LogP contribution in [-0.4, -0.2) is 35.0 Å². The van der Waals surface area contributed by atoms with Crippen molar-refractivity contribution in [3.63, 3.8) is 0 Å². The molecule has 0 radical (unpaired) electrons. The zero-order valence-electron chi connectivity index (χ0n) is 15.7. The van der Waals surface area contributed by atoms with Crippen LogP contribution >= 0.6 is 11.8 Å². The maximum atomic E-state index is 13.3. The molecule has 0 saturated carbocycles. The van der Waals surface area contributed by atoms with E-state index in [0.717, 1.165) is 10.5 Å². The molecule has 4 nitrogen and oxygen atoms in total. The molecule has 0 bridgehead atoms. The lowest BCUT2D eigenvalue weighted by Crippen LogP contribution is -2.42. The monoisotopic (exact) mass is 383 g/mol. The average Bonchev–Trinajstić information content (AvgIpc) is 2.67. The molecular weight excluding hydrogens is 358 g/mol. The highest BCUT2D eigenvalue weighted by Gasteiger charge is 2.32. The van der Waals surface area contributed by atoms with E-state index in [1.807, 2.05) is 35.2 Å². The maximum absolute atomic E-state index is 13.3. The molecule has 1 unspecified atom stereocenters. The summed E-state index contributed by atoms with van der Waals surface area (Å²) in [5.74, 6) is -1.03. The Morgan fingerprint density at radius 3 is 2.33 bits per heavy atom. The lowest BCUT2D eigenvalue weighted by atomic mass is 9.96. The fourth-order valence-corrected chi connectivity index (χ4v) is 4.65. The molecule has 27 heavy (non-hydrogen) atoms. The predicted molar refractivity (Wildman–Crippen MR) is 108 cm³/mol. The van der Waals surface area contributed by atoms with Gasteiger partial charge in [0.25, 0.3) is 0 Å². The molecule has 2 aromatic carbocycles. The number of carboxylic acid groups (broad SMARTS) is 1. The number of piperidine rings is 1. The summed E-state index contributed by atoms with van der Waals surface area (Å²) in [6.45, 7) is 5.15. The molecular formula is C22H25NO3S. The Morgan fingerprint density at radius 2 is 1.74 bits per heavy atom. The first-order chi connectivity index (χ1) is 13.0. The number of hydrogen-bond acceptors (Lipinski definition) is 3. The Bertz CT molecular complexity index is 814. The van der Waals surface area contributed by atoms with Gasteiger partial charge in [-0.05, 0) is 43.9 Å². The van der Waals surface area contributed by atoms with E-state index in [2.05, 4.69) is 32.0 Å². The van der Waals surface area contributed by atoms with Gasteiger partial charge in [0.05, 0.1) is 5.92 Å². The summed E-state index contributed by atoms with van der Waals surface area (Å²) in [5, 5.41) is 8.87. The molecule has 1 aliphatic rings. The average molecular weight is 384 g/mol. The Kier molecular flexibility index (Phi) is 6.22. The largest absolute Gasteiger partial charge is 0.481 e. The van der Waals surface area contributed by atoms with Crippen molar-refractivity contribution >= 4 is 23.6 Å². The lowest BCUT2D eigenvalue weighted by Gasteiger charge is -2.33. The summed E-state index contributed by atoms with van der Waals surface area (Å²) in [6, 6.07) is 16.1. The van der Waals surface area contributed by atoms with E-state index >= 15 is 0 Å². The first kappa shape index (κ1) is 19.5.